The Hall–Kier alpha value is -2.42. The first-order chi connectivity index (χ1) is 12.6. The van der Waals surface area contributed by atoms with Crippen LogP contribution in [-0.4, -0.2) is 26.5 Å². The van der Waals surface area contributed by atoms with E-state index < -0.39 is 5.97 Å². The summed E-state index contributed by atoms with van der Waals surface area (Å²) in [6.07, 6.45) is 1.74. The molecule has 26 heavy (non-hydrogen) atoms. The van der Waals surface area contributed by atoms with Crippen molar-refractivity contribution in [2.75, 3.05) is 25.8 Å². The van der Waals surface area contributed by atoms with Gasteiger partial charge in [-0.2, -0.15) is 0 Å². The lowest BCUT2D eigenvalue weighted by Crippen LogP contribution is -2.14. The van der Waals surface area contributed by atoms with E-state index in [0.717, 1.165) is 14.9 Å². The van der Waals surface area contributed by atoms with E-state index in [-0.39, 0.29) is 13.4 Å². The first kappa shape index (κ1) is 18.4. The van der Waals surface area contributed by atoms with Crippen LogP contribution in [0.25, 0.3) is 6.08 Å². The highest BCUT2D eigenvalue weighted by Crippen LogP contribution is 2.35. The number of benzene rings is 2. The van der Waals surface area contributed by atoms with Crippen LogP contribution in [0.3, 0.4) is 0 Å². The molecule has 0 amide bonds. The van der Waals surface area contributed by atoms with Crippen LogP contribution < -0.4 is 19.5 Å². The van der Waals surface area contributed by atoms with Gasteiger partial charge in [0.25, 0.3) is 0 Å². The van der Waals surface area contributed by atoms with Crippen molar-refractivity contribution >= 4 is 40.3 Å². The van der Waals surface area contributed by atoms with Crippen molar-refractivity contribution in [1.82, 2.24) is 0 Å². The van der Waals surface area contributed by atoms with Crippen molar-refractivity contribution in [1.29, 1.82) is 0 Å². The molecule has 3 rings (SSSR count). The molecule has 1 heterocycles. The van der Waals surface area contributed by atoms with Crippen LogP contribution in [0.2, 0.25) is 0 Å². The standard InChI is InChI=1S/C19H18INO5/c1-3-24-19(22)14(9-12-5-4-6-16(23-2)18(12)20)21-13-7-8-15-17(10-13)26-11-25-15/h4-10,21H,3,11H2,1-2H3/b14-9+. The molecule has 2 aromatic carbocycles. The Morgan fingerprint density at radius 2 is 2.08 bits per heavy atom. The highest BCUT2D eigenvalue weighted by molar-refractivity contribution is 14.1. The van der Waals surface area contributed by atoms with E-state index in [9.17, 15) is 4.79 Å². The number of hydrogen-bond acceptors (Lipinski definition) is 6. The number of rotatable bonds is 6. The fourth-order valence-electron chi connectivity index (χ4n) is 2.44. The Labute approximate surface area is 165 Å². The van der Waals surface area contributed by atoms with Gasteiger partial charge in [0.05, 0.1) is 17.3 Å². The summed E-state index contributed by atoms with van der Waals surface area (Å²) in [6, 6.07) is 11.0. The Morgan fingerprint density at radius 1 is 1.27 bits per heavy atom. The number of carbonyl (C=O) groups is 1. The Kier molecular flexibility index (Phi) is 5.87. The number of hydrogen-bond donors (Lipinski definition) is 1. The van der Waals surface area contributed by atoms with Crippen molar-refractivity contribution in [3.8, 4) is 17.2 Å². The molecule has 0 bridgehead atoms. The molecule has 0 saturated heterocycles. The van der Waals surface area contributed by atoms with Gasteiger partial charge in [-0.15, -0.1) is 0 Å². The summed E-state index contributed by atoms with van der Waals surface area (Å²) in [4.78, 5) is 12.4. The number of halogens is 1. The number of esters is 1. The van der Waals surface area contributed by atoms with E-state index in [1.807, 2.05) is 24.3 Å². The van der Waals surface area contributed by atoms with Gasteiger partial charge in [0.1, 0.15) is 11.4 Å². The predicted octanol–water partition coefficient (Wildman–Crippen LogP) is 4.04. The lowest BCUT2D eigenvalue weighted by Gasteiger charge is -2.12. The largest absolute Gasteiger partial charge is 0.496 e. The number of fused-ring (bicyclic) bond motifs is 1. The van der Waals surface area contributed by atoms with E-state index in [0.29, 0.717) is 22.9 Å². The smallest absolute Gasteiger partial charge is 0.354 e. The van der Waals surface area contributed by atoms with Gasteiger partial charge in [0.2, 0.25) is 6.79 Å². The van der Waals surface area contributed by atoms with Gasteiger partial charge in [-0.3, -0.25) is 0 Å². The maximum atomic E-state index is 12.4. The second-order valence-corrected chi connectivity index (χ2v) is 6.41. The highest BCUT2D eigenvalue weighted by Gasteiger charge is 2.17. The summed E-state index contributed by atoms with van der Waals surface area (Å²) in [5.74, 6) is 1.61. The summed E-state index contributed by atoms with van der Waals surface area (Å²) in [7, 11) is 1.61. The molecule has 0 aromatic heterocycles. The van der Waals surface area contributed by atoms with Crippen LogP contribution in [0.5, 0.6) is 17.2 Å². The first-order valence-electron chi connectivity index (χ1n) is 8.00. The molecule has 0 radical (unpaired) electrons. The lowest BCUT2D eigenvalue weighted by atomic mass is 10.1. The topological polar surface area (TPSA) is 66.0 Å². The van der Waals surface area contributed by atoms with E-state index in [1.165, 1.54) is 0 Å². The number of nitrogens with one attached hydrogen (secondary N) is 1. The van der Waals surface area contributed by atoms with Gasteiger partial charge < -0.3 is 24.3 Å². The van der Waals surface area contributed by atoms with Crippen molar-refractivity contribution in [3.05, 3.63) is 51.2 Å². The van der Waals surface area contributed by atoms with Gasteiger partial charge in [0.15, 0.2) is 11.5 Å². The quantitative estimate of drug-likeness (QED) is 0.393. The van der Waals surface area contributed by atoms with Gasteiger partial charge in [0, 0.05) is 11.8 Å². The molecule has 0 spiro atoms. The molecule has 0 fully saturated rings. The van der Waals surface area contributed by atoms with Crippen molar-refractivity contribution in [2.24, 2.45) is 0 Å². The van der Waals surface area contributed by atoms with E-state index in [4.69, 9.17) is 18.9 Å². The van der Waals surface area contributed by atoms with E-state index >= 15 is 0 Å². The van der Waals surface area contributed by atoms with Crippen molar-refractivity contribution < 1.29 is 23.7 Å². The first-order valence-corrected chi connectivity index (χ1v) is 9.08. The summed E-state index contributed by atoms with van der Waals surface area (Å²) >= 11 is 2.19. The monoisotopic (exact) mass is 467 g/mol. The van der Waals surface area contributed by atoms with Gasteiger partial charge in [-0.05, 0) is 59.4 Å². The maximum Gasteiger partial charge on any atom is 0.354 e. The molecule has 7 heteroatoms. The average Bonchev–Trinajstić information content (AvgIpc) is 3.10. The Bertz CT molecular complexity index is 850. The predicted molar refractivity (Wildman–Crippen MR) is 107 cm³/mol. The van der Waals surface area contributed by atoms with Crippen LogP contribution in [0, 0.1) is 3.57 Å². The molecule has 136 valence electrons. The van der Waals surface area contributed by atoms with E-state index in [1.54, 1.807) is 32.2 Å². The average molecular weight is 467 g/mol. The summed E-state index contributed by atoms with van der Waals surface area (Å²) in [5, 5.41) is 3.11. The van der Waals surface area contributed by atoms with E-state index in [2.05, 4.69) is 27.9 Å². The molecule has 0 atom stereocenters. The van der Waals surface area contributed by atoms with Gasteiger partial charge >= 0.3 is 5.97 Å². The molecule has 1 aliphatic heterocycles. The minimum absolute atomic E-state index is 0.196. The molecule has 1 aliphatic rings. The number of anilines is 1. The minimum Gasteiger partial charge on any atom is -0.496 e. The highest BCUT2D eigenvalue weighted by atomic mass is 127. The summed E-state index contributed by atoms with van der Waals surface area (Å²) < 4.78 is 22.1. The normalized spacial score (nSPS) is 12.7. The fourth-order valence-corrected chi connectivity index (χ4v) is 3.17. The Morgan fingerprint density at radius 3 is 2.85 bits per heavy atom. The molecule has 6 nitrogen and oxygen atoms in total. The second kappa shape index (κ2) is 8.31. The van der Waals surface area contributed by atoms with Crippen LogP contribution >= 0.6 is 22.6 Å². The molecule has 2 aromatic rings. The van der Waals surface area contributed by atoms with Crippen molar-refractivity contribution in [2.45, 2.75) is 6.92 Å². The van der Waals surface area contributed by atoms with Crippen LogP contribution in [-0.2, 0) is 9.53 Å². The minimum atomic E-state index is -0.441. The molecular formula is C19H18INO5. The van der Waals surface area contributed by atoms with Crippen LogP contribution in [0.4, 0.5) is 5.69 Å². The Balaban J connectivity index is 1.94. The van der Waals surface area contributed by atoms with Crippen LogP contribution in [0.15, 0.2) is 42.1 Å². The van der Waals surface area contributed by atoms with Gasteiger partial charge in [-0.25, -0.2) is 4.79 Å². The molecule has 0 unspecified atom stereocenters. The second-order valence-electron chi connectivity index (χ2n) is 5.34. The SMILES string of the molecule is CCOC(=O)/C(=C\c1cccc(OC)c1I)Nc1ccc2c(c1)OCO2. The zero-order valence-electron chi connectivity index (χ0n) is 14.4. The number of carbonyl (C=O) groups excluding carboxylic acids is 1. The molecular weight excluding hydrogens is 449 g/mol. The third kappa shape index (κ3) is 4.04. The van der Waals surface area contributed by atoms with Crippen molar-refractivity contribution in [3.63, 3.8) is 0 Å². The molecule has 1 N–H and O–H groups in total. The third-order valence-corrected chi connectivity index (χ3v) is 4.81. The fraction of sp³-hybridized carbons (Fsp3) is 0.211. The third-order valence-electron chi connectivity index (χ3n) is 3.66. The van der Waals surface area contributed by atoms with Crippen LogP contribution in [0.1, 0.15) is 12.5 Å². The zero-order valence-corrected chi connectivity index (χ0v) is 16.5. The number of methoxy groups -OCH3 is 1. The van der Waals surface area contributed by atoms with Gasteiger partial charge in [-0.1, -0.05) is 12.1 Å². The maximum absolute atomic E-state index is 12.4. The molecule has 0 saturated carbocycles. The summed E-state index contributed by atoms with van der Waals surface area (Å²) in [6.45, 7) is 2.25. The lowest BCUT2D eigenvalue weighted by molar-refractivity contribution is -0.138. The number of ether oxygens (including phenoxy) is 4. The molecule has 0 aliphatic carbocycles. The zero-order chi connectivity index (χ0) is 18.5. The summed E-state index contributed by atoms with van der Waals surface area (Å²) in [5.41, 5.74) is 1.87.